The molecule has 1 aromatic heterocycles. The van der Waals surface area contributed by atoms with E-state index >= 15 is 0 Å². The van der Waals surface area contributed by atoms with Crippen molar-refractivity contribution in [1.29, 1.82) is 0 Å². The number of nitrogens with one attached hydrogen (secondary N) is 1. The van der Waals surface area contributed by atoms with Gasteiger partial charge in [0.15, 0.2) is 0 Å². The molecule has 0 unspecified atom stereocenters. The summed E-state index contributed by atoms with van der Waals surface area (Å²) in [6.45, 7) is 6.38. The van der Waals surface area contributed by atoms with Gasteiger partial charge in [0.05, 0.1) is 5.52 Å². The Hall–Kier alpha value is -1.61. The van der Waals surface area contributed by atoms with Crippen LogP contribution in [0.4, 0.5) is 5.69 Å². The molecule has 1 N–H and O–H groups in total. The maximum absolute atomic E-state index is 4.49. The first-order valence-electron chi connectivity index (χ1n) is 6.15. The van der Waals surface area contributed by atoms with Crippen molar-refractivity contribution in [3.8, 4) is 0 Å². The van der Waals surface area contributed by atoms with E-state index in [0.29, 0.717) is 0 Å². The van der Waals surface area contributed by atoms with Crippen LogP contribution in [-0.2, 0) is 0 Å². The van der Waals surface area contributed by atoms with Crippen molar-refractivity contribution >= 4 is 16.6 Å². The lowest BCUT2D eigenvalue weighted by Crippen LogP contribution is -2.43. The zero-order chi connectivity index (χ0) is 11.7. The Morgan fingerprint density at radius 2 is 2.00 bits per heavy atom. The van der Waals surface area contributed by atoms with Gasteiger partial charge in [0.25, 0.3) is 0 Å². The Morgan fingerprint density at radius 1 is 1.18 bits per heavy atom. The molecule has 0 aliphatic carbocycles. The summed E-state index contributed by atoms with van der Waals surface area (Å²) in [4.78, 5) is 6.91. The van der Waals surface area contributed by atoms with Crippen molar-refractivity contribution in [2.24, 2.45) is 0 Å². The predicted octanol–water partition coefficient (Wildman–Crippen LogP) is 1.95. The number of rotatable bonds is 1. The van der Waals surface area contributed by atoms with Gasteiger partial charge in [0.2, 0.25) is 0 Å². The number of hydrogen-bond donors (Lipinski definition) is 1. The van der Waals surface area contributed by atoms with Crippen LogP contribution in [0.3, 0.4) is 0 Å². The van der Waals surface area contributed by atoms with Crippen molar-refractivity contribution in [3.63, 3.8) is 0 Å². The van der Waals surface area contributed by atoms with Gasteiger partial charge in [-0.15, -0.1) is 0 Å². The van der Waals surface area contributed by atoms with E-state index < -0.39 is 0 Å². The predicted molar refractivity (Wildman–Crippen MR) is 71.6 cm³/mol. The lowest BCUT2D eigenvalue weighted by atomic mass is 10.1. The average molecular weight is 227 g/mol. The fourth-order valence-corrected chi connectivity index (χ4v) is 2.34. The molecule has 2 heterocycles. The molecule has 1 aliphatic heterocycles. The standard InChI is InChI=1S/C14H17N3/c1-11-8-12-2-3-13(9-14(12)16-10-11)17-6-4-15-5-7-17/h2-3,8-10,15H,4-7H2,1H3. The number of aromatic nitrogens is 1. The normalized spacial score (nSPS) is 16.4. The van der Waals surface area contributed by atoms with Crippen LogP contribution in [0.5, 0.6) is 0 Å². The summed E-state index contributed by atoms with van der Waals surface area (Å²) in [5, 5.41) is 4.60. The highest BCUT2D eigenvalue weighted by Gasteiger charge is 2.10. The third-order valence-corrected chi connectivity index (χ3v) is 3.29. The summed E-state index contributed by atoms with van der Waals surface area (Å²) in [5.74, 6) is 0. The maximum atomic E-state index is 4.49. The molecular weight excluding hydrogens is 210 g/mol. The molecule has 2 aromatic rings. The number of anilines is 1. The van der Waals surface area contributed by atoms with Gasteiger partial charge in [-0.05, 0) is 30.7 Å². The highest BCUT2D eigenvalue weighted by molar-refractivity contribution is 5.82. The lowest BCUT2D eigenvalue weighted by molar-refractivity contribution is 0.589. The first kappa shape index (κ1) is 10.5. The summed E-state index contributed by atoms with van der Waals surface area (Å²) in [7, 11) is 0. The average Bonchev–Trinajstić information content (AvgIpc) is 2.39. The molecule has 88 valence electrons. The molecule has 1 fully saturated rings. The molecule has 0 bridgehead atoms. The van der Waals surface area contributed by atoms with Crippen molar-refractivity contribution in [3.05, 3.63) is 36.0 Å². The van der Waals surface area contributed by atoms with Gasteiger partial charge in [0.1, 0.15) is 0 Å². The Balaban J connectivity index is 1.98. The molecule has 0 amide bonds. The molecule has 1 saturated heterocycles. The molecule has 0 radical (unpaired) electrons. The van der Waals surface area contributed by atoms with Gasteiger partial charge in [0, 0.05) is 43.4 Å². The molecular formula is C14H17N3. The lowest BCUT2D eigenvalue weighted by Gasteiger charge is -2.29. The number of nitrogens with zero attached hydrogens (tertiary/aromatic N) is 2. The Labute approximate surface area is 101 Å². The molecule has 3 nitrogen and oxygen atoms in total. The molecule has 1 aliphatic rings. The molecule has 3 rings (SSSR count). The third-order valence-electron chi connectivity index (χ3n) is 3.29. The summed E-state index contributed by atoms with van der Waals surface area (Å²) < 4.78 is 0. The van der Waals surface area contributed by atoms with E-state index in [4.69, 9.17) is 0 Å². The smallest absolute Gasteiger partial charge is 0.0722 e. The van der Waals surface area contributed by atoms with Crippen molar-refractivity contribution in [1.82, 2.24) is 10.3 Å². The fourth-order valence-electron chi connectivity index (χ4n) is 2.34. The van der Waals surface area contributed by atoms with Crippen molar-refractivity contribution < 1.29 is 0 Å². The Kier molecular flexibility index (Phi) is 2.69. The molecule has 0 saturated carbocycles. The second-order valence-corrected chi connectivity index (χ2v) is 4.63. The van der Waals surface area contributed by atoms with E-state index in [0.717, 1.165) is 31.7 Å². The Bertz CT molecular complexity index is 530. The summed E-state index contributed by atoms with van der Waals surface area (Å²) in [6.07, 6.45) is 1.93. The van der Waals surface area contributed by atoms with Gasteiger partial charge in [-0.25, -0.2) is 0 Å². The van der Waals surface area contributed by atoms with Crippen LogP contribution in [0.2, 0.25) is 0 Å². The highest BCUT2D eigenvalue weighted by Crippen LogP contribution is 2.21. The molecule has 1 aromatic carbocycles. The van der Waals surface area contributed by atoms with Gasteiger partial charge in [-0.2, -0.15) is 0 Å². The van der Waals surface area contributed by atoms with Gasteiger partial charge in [-0.3, -0.25) is 4.98 Å². The van der Waals surface area contributed by atoms with Gasteiger partial charge >= 0.3 is 0 Å². The fraction of sp³-hybridized carbons (Fsp3) is 0.357. The number of benzene rings is 1. The van der Waals surface area contributed by atoms with Crippen molar-refractivity contribution in [2.75, 3.05) is 31.1 Å². The van der Waals surface area contributed by atoms with E-state index in [1.807, 2.05) is 6.20 Å². The number of hydrogen-bond acceptors (Lipinski definition) is 3. The monoisotopic (exact) mass is 227 g/mol. The molecule has 17 heavy (non-hydrogen) atoms. The van der Waals surface area contributed by atoms with E-state index in [2.05, 4.69) is 46.4 Å². The second-order valence-electron chi connectivity index (χ2n) is 4.63. The summed E-state index contributed by atoms with van der Waals surface area (Å²) in [6, 6.07) is 8.76. The maximum Gasteiger partial charge on any atom is 0.0722 e. The van der Waals surface area contributed by atoms with E-state index in [1.165, 1.54) is 16.6 Å². The minimum atomic E-state index is 1.07. The van der Waals surface area contributed by atoms with Gasteiger partial charge in [-0.1, -0.05) is 6.07 Å². The Morgan fingerprint density at radius 3 is 2.82 bits per heavy atom. The second kappa shape index (κ2) is 4.34. The zero-order valence-corrected chi connectivity index (χ0v) is 10.1. The van der Waals surface area contributed by atoms with Crippen LogP contribution in [0.15, 0.2) is 30.5 Å². The van der Waals surface area contributed by atoms with E-state index in [9.17, 15) is 0 Å². The summed E-state index contributed by atoms with van der Waals surface area (Å²) >= 11 is 0. The number of aryl methyl sites for hydroxylation is 1. The van der Waals surface area contributed by atoms with Crippen LogP contribution >= 0.6 is 0 Å². The quantitative estimate of drug-likeness (QED) is 0.807. The van der Waals surface area contributed by atoms with E-state index in [-0.39, 0.29) is 0 Å². The highest BCUT2D eigenvalue weighted by atomic mass is 15.2. The largest absolute Gasteiger partial charge is 0.369 e. The number of fused-ring (bicyclic) bond motifs is 1. The third kappa shape index (κ3) is 2.11. The topological polar surface area (TPSA) is 28.2 Å². The first-order chi connectivity index (χ1) is 8.33. The molecule has 0 spiro atoms. The van der Waals surface area contributed by atoms with Gasteiger partial charge < -0.3 is 10.2 Å². The minimum Gasteiger partial charge on any atom is -0.369 e. The van der Waals surface area contributed by atoms with E-state index in [1.54, 1.807) is 0 Å². The minimum absolute atomic E-state index is 1.07. The SMILES string of the molecule is Cc1cnc2cc(N3CCNCC3)ccc2c1. The number of piperazine rings is 1. The molecule has 3 heteroatoms. The molecule has 0 atom stereocenters. The van der Waals surface area contributed by atoms with Crippen LogP contribution in [0, 0.1) is 6.92 Å². The van der Waals surface area contributed by atoms with Crippen LogP contribution in [0.25, 0.3) is 10.9 Å². The first-order valence-corrected chi connectivity index (χ1v) is 6.15. The van der Waals surface area contributed by atoms with Crippen molar-refractivity contribution in [2.45, 2.75) is 6.92 Å². The zero-order valence-electron chi connectivity index (χ0n) is 10.1. The number of pyridine rings is 1. The van der Waals surface area contributed by atoms with Crippen LogP contribution in [-0.4, -0.2) is 31.2 Å². The van der Waals surface area contributed by atoms with Crippen LogP contribution < -0.4 is 10.2 Å². The van der Waals surface area contributed by atoms with Crippen LogP contribution in [0.1, 0.15) is 5.56 Å². The summed E-state index contributed by atoms with van der Waals surface area (Å²) in [5.41, 5.74) is 3.59.